The fourth-order valence-electron chi connectivity index (χ4n) is 6.86. The van der Waals surface area contributed by atoms with Gasteiger partial charge in [-0.15, -0.1) is 0 Å². The Hall–Kier alpha value is -1.71. The van der Waals surface area contributed by atoms with Crippen molar-refractivity contribution in [2.24, 2.45) is 29.1 Å². The molecule has 1 unspecified atom stereocenters. The Balaban J connectivity index is 1.16. The van der Waals surface area contributed by atoms with Crippen LogP contribution in [-0.4, -0.2) is 26.2 Å². The molecule has 4 heteroatoms. The summed E-state index contributed by atoms with van der Waals surface area (Å²) >= 11 is 0. The quantitative estimate of drug-likeness (QED) is 0.854. The lowest BCUT2D eigenvalue weighted by molar-refractivity contribution is -0.126. The van der Waals surface area contributed by atoms with Gasteiger partial charge in [-0.25, -0.2) is 0 Å². The lowest BCUT2D eigenvalue weighted by Gasteiger charge is -2.57. The average molecular weight is 370 g/mol. The van der Waals surface area contributed by atoms with Gasteiger partial charge >= 0.3 is 0 Å². The second kappa shape index (κ2) is 6.72. The summed E-state index contributed by atoms with van der Waals surface area (Å²) in [6, 6.07) is 5.84. The molecule has 1 aromatic rings. The van der Waals surface area contributed by atoms with E-state index in [0.29, 0.717) is 12.0 Å². The summed E-state index contributed by atoms with van der Waals surface area (Å²) in [5.41, 5.74) is 1.60. The van der Waals surface area contributed by atoms with Gasteiger partial charge in [0.2, 0.25) is 5.91 Å². The van der Waals surface area contributed by atoms with Gasteiger partial charge in [-0.1, -0.05) is 0 Å². The summed E-state index contributed by atoms with van der Waals surface area (Å²) in [7, 11) is 1.67. The molecule has 1 atom stereocenters. The van der Waals surface area contributed by atoms with Crippen molar-refractivity contribution < 1.29 is 14.3 Å². The zero-order valence-electron chi connectivity index (χ0n) is 16.3. The second-order valence-corrected chi connectivity index (χ2v) is 9.64. The third kappa shape index (κ3) is 3.32. The van der Waals surface area contributed by atoms with Crippen molar-refractivity contribution in [1.82, 2.24) is 5.32 Å². The third-order valence-corrected chi connectivity index (χ3v) is 7.66. The Bertz CT molecular complexity index is 693. The largest absolute Gasteiger partial charge is 0.497 e. The molecule has 0 spiro atoms. The van der Waals surface area contributed by atoms with Crippen molar-refractivity contribution in [1.29, 1.82) is 0 Å². The summed E-state index contributed by atoms with van der Waals surface area (Å²) in [4.78, 5) is 12.7. The number of hydrogen-bond acceptors (Lipinski definition) is 3. The number of carbonyl (C=O) groups excluding carboxylic acids is 1. The Labute approximate surface area is 162 Å². The summed E-state index contributed by atoms with van der Waals surface area (Å²) in [5.74, 6) is 4.68. The number of methoxy groups -OCH3 is 1. The first-order valence-electron chi connectivity index (χ1n) is 10.7. The van der Waals surface area contributed by atoms with E-state index in [4.69, 9.17) is 9.47 Å². The van der Waals surface area contributed by atoms with Gasteiger partial charge in [0.25, 0.3) is 0 Å². The molecular weight excluding hydrogens is 338 g/mol. The highest BCUT2D eigenvalue weighted by Crippen LogP contribution is 2.61. The number of ether oxygens (including phenoxy) is 2. The number of rotatable bonds is 5. The van der Waals surface area contributed by atoms with Crippen molar-refractivity contribution in [3.63, 3.8) is 0 Å². The molecule has 6 rings (SSSR count). The zero-order valence-corrected chi connectivity index (χ0v) is 16.3. The van der Waals surface area contributed by atoms with Crippen LogP contribution in [0.3, 0.4) is 0 Å². The van der Waals surface area contributed by atoms with E-state index in [1.54, 1.807) is 7.11 Å². The molecule has 5 aliphatic rings. The van der Waals surface area contributed by atoms with Crippen molar-refractivity contribution >= 4 is 5.91 Å². The number of carbonyl (C=O) groups is 1. The van der Waals surface area contributed by atoms with Crippen LogP contribution in [0, 0.1) is 29.1 Å². The Morgan fingerprint density at radius 2 is 1.89 bits per heavy atom. The van der Waals surface area contributed by atoms with Gasteiger partial charge in [0, 0.05) is 6.54 Å². The molecule has 27 heavy (non-hydrogen) atoms. The lowest BCUT2D eigenvalue weighted by Crippen LogP contribution is -2.47. The average Bonchev–Trinajstić information content (AvgIpc) is 2.65. The molecule has 1 amide bonds. The molecule has 1 N–H and O–H groups in total. The third-order valence-electron chi connectivity index (χ3n) is 7.66. The highest BCUT2D eigenvalue weighted by atomic mass is 16.5. The molecule has 146 valence electrons. The Kier molecular flexibility index (Phi) is 4.33. The first-order chi connectivity index (χ1) is 13.1. The molecule has 4 nitrogen and oxygen atoms in total. The van der Waals surface area contributed by atoms with Crippen LogP contribution in [0.1, 0.15) is 50.5 Å². The molecule has 0 saturated heterocycles. The van der Waals surface area contributed by atoms with E-state index >= 15 is 0 Å². The molecule has 1 heterocycles. The maximum absolute atomic E-state index is 12.7. The predicted molar refractivity (Wildman–Crippen MR) is 104 cm³/mol. The minimum absolute atomic E-state index is 0.0963. The van der Waals surface area contributed by atoms with Crippen molar-refractivity contribution in [3.05, 3.63) is 23.8 Å². The van der Waals surface area contributed by atoms with Gasteiger partial charge in [-0.2, -0.15) is 0 Å². The van der Waals surface area contributed by atoms with E-state index < -0.39 is 0 Å². The Morgan fingerprint density at radius 3 is 2.56 bits per heavy atom. The van der Waals surface area contributed by atoms with Gasteiger partial charge in [-0.05, 0) is 98.3 Å². The van der Waals surface area contributed by atoms with E-state index in [9.17, 15) is 4.79 Å². The minimum atomic E-state index is -0.0963. The summed E-state index contributed by atoms with van der Waals surface area (Å²) in [6.07, 6.45) is 10.6. The smallest absolute Gasteiger partial charge is 0.226 e. The number of fused-ring (bicyclic) bond motifs is 1. The van der Waals surface area contributed by atoms with E-state index in [0.717, 1.165) is 47.8 Å². The van der Waals surface area contributed by atoms with Crippen LogP contribution in [0.2, 0.25) is 0 Å². The normalized spacial score (nSPS) is 36.0. The lowest BCUT2D eigenvalue weighted by atomic mass is 9.49. The van der Waals surface area contributed by atoms with Gasteiger partial charge in [0.05, 0.1) is 13.0 Å². The second-order valence-electron chi connectivity index (χ2n) is 9.64. The van der Waals surface area contributed by atoms with Crippen LogP contribution < -0.4 is 14.8 Å². The predicted octanol–water partition coefficient (Wildman–Crippen LogP) is 3.97. The molecule has 4 fully saturated rings. The summed E-state index contributed by atoms with van der Waals surface area (Å²) in [6.45, 7) is 1.30. The van der Waals surface area contributed by atoms with Gasteiger partial charge in [0.1, 0.15) is 18.1 Å². The highest BCUT2D eigenvalue weighted by molar-refractivity contribution is 5.79. The number of nitrogens with one attached hydrogen (secondary N) is 1. The van der Waals surface area contributed by atoms with Gasteiger partial charge < -0.3 is 14.8 Å². The van der Waals surface area contributed by atoms with E-state index in [1.807, 2.05) is 18.2 Å². The van der Waals surface area contributed by atoms with Gasteiger partial charge in [0.15, 0.2) is 0 Å². The molecule has 0 radical (unpaired) electrons. The molecule has 4 aliphatic carbocycles. The molecule has 0 aromatic heterocycles. The van der Waals surface area contributed by atoms with Crippen LogP contribution in [0.4, 0.5) is 0 Å². The molecule has 1 aromatic carbocycles. The van der Waals surface area contributed by atoms with Crippen LogP contribution >= 0.6 is 0 Å². The number of amides is 1. The maximum atomic E-state index is 12.7. The summed E-state index contributed by atoms with van der Waals surface area (Å²) in [5, 5.41) is 3.24. The van der Waals surface area contributed by atoms with Crippen LogP contribution in [0.5, 0.6) is 11.5 Å². The standard InChI is InChI=1S/C23H31NO3/c1-26-20-2-3-21-18(10-20)9-19(14-27-21)22(25)24-5-4-23-11-15-6-16(12-23)8-17(7-15)13-23/h2-3,10,15-17,19H,4-9,11-14H2,1H3,(H,24,25). The molecule has 1 aliphatic heterocycles. The fraction of sp³-hybridized carbons (Fsp3) is 0.696. The van der Waals surface area contributed by atoms with Crippen molar-refractivity contribution in [2.45, 2.75) is 51.4 Å². The van der Waals surface area contributed by atoms with Crippen molar-refractivity contribution in [3.8, 4) is 11.5 Å². The minimum Gasteiger partial charge on any atom is -0.497 e. The fourth-order valence-corrected chi connectivity index (χ4v) is 6.86. The summed E-state index contributed by atoms with van der Waals surface area (Å²) < 4.78 is 11.1. The van der Waals surface area contributed by atoms with Crippen molar-refractivity contribution in [2.75, 3.05) is 20.3 Å². The molecule has 4 saturated carbocycles. The zero-order chi connectivity index (χ0) is 18.4. The van der Waals surface area contributed by atoms with Crippen LogP contribution in [0.15, 0.2) is 18.2 Å². The van der Waals surface area contributed by atoms with Crippen LogP contribution in [-0.2, 0) is 11.2 Å². The highest BCUT2D eigenvalue weighted by Gasteiger charge is 2.50. The van der Waals surface area contributed by atoms with E-state index in [-0.39, 0.29) is 11.8 Å². The first-order valence-corrected chi connectivity index (χ1v) is 10.7. The van der Waals surface area contributed by atoms with Crippen LogP contribution in [0.25, 0.3) is 0 Å². The maximum Gasteiger partial charge on any atom is 0.226 e. The molecular formula is C23H31NO3. The first kappa shape index (κ1) is 17.4. The van der Waals surface area contributed by atoms with Gasteiger partial charge in [-0.3, -0.25) is 4.79 Å². The monoisotopic (exact) mass is 369 g/mol. The van der Waals surface area contributed by atoms with E-state index in [1.165, 1.54) is 44.9 Å². The number of benzene rings is 1. The van der Waals surface area contributed by atoms with E-state index in [2.05, 4.69) is 5.32 Å². The number of hydrogen-bond donors (Lipinski definition) is 1. The molecule has 4 bridgehead atoms. The Morgan fingerprint density at radius 1 is 1.19 bits per heavy atom. The topological polar surface area (TPSA) is 47.6 Å². The SMILES string of the molecule is COc1ccc2c(c1)CC(C(=O)NCCC13CC4CC(CC(C4)C1)C3)CO2.